The van der Waals surface area contributed by atoms with Gasteiger partial charge >= 0.3 is 0 Å². The van der Waals surface area contributed by atoms with E-state index in [9.17, 15) is 4.79 Å². The number of rotatable bonds is 4. The Labute approximate surface area is 123 Å². The molecule has 3 heteroatoms. The van der Waals surface area contributed by atoms with Gasteiger partial charge in [0.05, 0.1) is 6.10 Å². The third kappa shape index (κ3) is 2.18. The first-order chi connectivity index (χ1) is 9.69. The molecule has 3 saturated carbocycles. The molecule has 0 N–H and O–H groups in total. The Bertz CT molecular complexity index is 358. The Hall–Kier alpha value is -0.570. The van der Waals surface area contributed by atoms with Gasteiger partial charge in [0.15, 0.2) is 0 Å². The quantitative estimate of drug-likeness (QED) is 0.789. The topological polar surface area (TPSA) is 29.5 Å². The molecule has 0 aliphatic heterocycles. The zero-order chi connectivity index (χ0) is 14.2. The molecule has 0 radical (unpaired) electrons. The van der Waals surface area contributed by atoms with Gasteiger partial charge in [-0.05, 0) is 39.0 Å². The third-order valence-corrected chi connectivity index (χ3v) is 6.16. The minimum absolute atomic E-state index is 0.280. The highest BCUT2D eigenvalue weighted by Crippen LogP contribution is 2.55. The van der Waals surface area contributed by atoms with E-state index in [2.05, 4.69) is 11.8 Å². The number of carbonyl (C=O) groups excluding carboxylic acids is 1. The smallest absolute Gasteiger partial charge is 0.225 e. The van der Waals surface area contributed by atoms with Crippen molar-refractivity contribution in [2.75, 3.05) is 13.7 Å². The molecule has 3 aliphatic carbocycles. The number of amides is 1. The molecular weight excluding hydrogens is 250 g/mol. The monoisotopic (exact) mass is 279 g/mol. The van der Waals surface area contributed by atoms with Gasteiger partial charge in [-0.3, -0.25) is 4.79 Å². The van der Waals surface area contributed by atoms with Crippen LogP contribution in [0, 0.1) is 11.3 Å². The van der Waals surface area contributed by atoms with Crippen molar-refractivity contribution in [2.24, 2.45) is 11.3 Å². The molecule has 0 aromatic rings. The molecule has 0 heterocycles. The van der Waals surface area contributed by atoms with E-state index < -0.39 is 0 Å². The van der Waals surface area contributed by atoms with Crippen LogP contribution in [-0.2, 0) is 9.53 Å². The van der Waals surface area contributed by atoms with E-state index in [-0.39, 0.29) is 5.41 Å². The summed E-state index contributed by atoms with van der Waals surface area (Å²) >= 11 is 0. The summed E-state index contributed by atoms with van der Waals surface area (Å²) < 4.78 is 5.99. The van der Waals surface area contributed by atoms with Crippen LogP contribution in [0.1, 0.15) is 64.7 Å². The van der Waals surface area contributed by atoms with Gasteiger partial charge in [0.25, 0.3) is 0 Å². The Balaban J connectivity index is 1.70. The number of hydrogen-bond acceptors (Lipinski definition) is 2. The Kier molecular flexibility index (Phi) is 4.07. The predicted molar refractivity (Wildman–Crippen MR) is 79.4 cm³/mol. The van der Waals surface area contributed by atoms with E-state index >= 15 is 0 Å². The lowest BCUT2D eigenvalue weighted by molar-refractivity contribution is -0.188. The molecular formula is C17H29NO2. The SMILES string of the molecule is CCO[C@H]1C[C@@H](N(C)C(=O)C2CCC2)C12CCCCC2. The van der Waals surface area contributed by atoms with Crippen molar-refractivity contribution in [3.05, 3.63) is 0 Å². The molecule has 3 aliphatic rings. The van der Waals surface area contributed by atoms with Crippen LogP contribution in [0.4, 0.5) is 0 Å². The number of nitrogens with zero attached hydrogens (tertiary/aromatic N) is 1. The van der Waals surface area contributed by atoms with Crippen molar-refractivity contribution in [1.29, 1.82) is 0 Å². The summed E-state index contributed by atoms with van der Waals surface area (Å²) in [6, 6.07) is 0.437. The fraction of sp³-hybridized carbons (Fsp3) is 0.941. The summed E-state index contributed by atoms with van der Waals surface area (Å²) in [7, 11) is 2.05. The summed E-state index contributed by atoms with van der Waals surface area (Å²) in [5.41, 5.74) is 0.280. The van der Waals surface area contributed by atoms with Crippen molar-refractivity contribution >= 4 is 5.91 Å². The van der Waals surface area contributed by atoms with Gasteiger partial charge in [-0.25, -0.2) is 0 Å². The fourth-order valence-electron chi connectivity index (χ4n) is 4.67. The van der Waals surface area contributed by atoms with Crippen molar-refractivity contribution < 1.29 is 9.53 Å². The van der Waals surface area contributed by atoms with E-state index in [4.69, 9.17) is 4.74 Å². The third-order valence-electron chi connectivity index (χ3n) is 6.16. The maximum Gasteiger partial charge on any atom is 0.225 e. The maximum absolute atomic E-state index is 12.5. The van der Waals surface area contributed by atoms with E-state index in [1.807, 2.05) is 7.05 Å². The van der Waals surface area contributed by atoms with Gasteiger partial charge in [-0.1, -0.05) is 25.7 Å². The Morgan fingerprint density at radius 1 is 1.20 bits per heavy atom. The van der Waals surface area contributed by atoms with E-state index in [0.717, 1.165) is 25.9 Å². The highest BCUT2D eigenvalue weighted by molar-refractivity contribution is 5.80. The molecule has 114 valence electrons. The Morgan fingerprint density at radius 2 is 1.90 bits per heavy atom. The van der Waals surface area contributed by atoms with Gasteiger partial charge in [0.2, 0.25) is 5.91 Å². The highest BCUT2D eigenvalue weighted by Gasteiger charge is 2.58. The van der Waals surface area contributed by atoms with Gasteiger partial charge in [0, 0.05) is 31.0 Å². The summed E-state index contributed by atoms with van der Waals surface area (Å²) in [4.78, 5) is 14.6. The number of ether oxygens (including phenoxy) is 1. The molecule has 1 amide bonds. The fourth-order valence-corrected chi connectivity index (χ4v) is 4.67. The van der Waals surface area contributed by atoms with Crippen LogP contribution in [0.3, 0.4) is 0 Å². The molecule has 0 bridgehead atoms. The van der Waals surface area contributed by atoms with E-state index in [1.165, 1.54) is 38.5 Å². The summed E-state index contributed by atoms with van der Waals surface area (Å²) in [5, 5.41) is 0. The standard InChI is InChI=1S/C17H29NO2/c1-3-20-15-12-14(17(15)10-5-4-6-11-17)18(2)16(19)13-8-7-9-13/h13-15H,3-12H2,1-2H3/t14-,15+/m1/s1. The molecule has 1 spiro atoms. The molecule has 0 saturated heterocycles. The van der Waals surface area contributed by atoms with Crippen LogP contribution in [0.15, 0.2) is 0 Å². The maximum atomic E-state index is 12.5. The normalized spacial score (nSPS) is 32.5. The molecule has 2 atom stereocenters. The molecule has 3 nitrogen and oxygen atoms in total. The van der Waals surface area contributed by atoms with Crippen LogP contribution in [0.5, 0.6) is 0 Å². The van der Waals surface area contributed by atoms with Gasteiger partial charge in [-0.2, -0.15) is 0 Å². The summed E-state index contributed by atoms with van der Waals surface area (Å²) in [6.45, 7) is 2.90. The average Bonchev–Trinajstić information content (AvgIpc) is 2.41. The lowest BCUT2D eigenvalue weighted by atomic mass is 9.54. The van der Waals surface area contributed by atoms with Crippen molar-refractivity contribution in [3.8, 4) is 0 Å². The molecule has 3 rings (SSSR count). The van der Waals surface area contributed by atoms with Crippen molar-refractivity contribution in [3.63, 3.8) is 0 Å². The summed E-state index contributed by atoms with van der Waals surface area (Å²) in [6.07, 6.45) is 11.4. The lowest BCUT2D eigenvalue weighted by Gasteiger charge is -2.60. The molecule has 3 fully saturated rings. The van der Waals surface area contributed by atoms with Gasteiger partial charge < -0.3 is 9.64 Å². The van der Waals surface area contributed by atoms with Crippen molar-refractivity contribution in [2.45, 2.75) is 76.9 Å². The minimum Gasteiger partial charge on any atom is -0.378 e. The minimum atomic E-state index is 0.280. The molecule has 0 aromatic carbocycles. The summed E-state index contributed by atoms with van der Waals surface area (Å²) in [5.74, 6) is 0.730. The Morgan fingerprint density at radius 3 is 2.45 bits per heavy atom. The second-order valence-electron chi connectivity index (χ2n) is 7.07. The van der Waals surface area contributed by atoms with Crippen LogP contribution >= 0.6 is 0 Å². The first kappa shape index (κ1) is 14.4. The highest BCUT2D eigenvalue weighted by atomic mass is 16.5. The molecule has 20 heavy (non-hydrogen) atoms. The molecule has 0 unspecified atom stereocenters. The van der Waals surface area contributed by atoms with E-state index in [0.29, 0.717) is 24.0 Å². The first-order valence-corrected chi connectivity index (χ1v) is 8.57. The van der Waals surface area contributed by atoms with Crippen LogP contribution in [0.2, 0.25) is 0 Å². The zero-order valence-corrected chi connectivity index (χ0v) is 13.1. The second-order valence-corrected chi connectivity index (χ2v) is 7.07. The van der Waals surface area contributed by atoms with Crippen LogP contribution in [0.25, 0.3) is 0 Å². The predicted octanol–water partition coefficient (Wildman–Crippen LogP) is 3.37. The van der Waals surface area contributed by atoms with Gasteiger partial charge in [0.1, 0.15) is 0 Å². The first-order valence-electron chi connectivity index (χ1n) is 8.57. The number of carbonyl (C=O) groups is 1. The average molecular weight is 279 g/mol. The lowest BCUT2D eigenvalue weighted by Crippen LogP contribution is -2.66. The number of hydrogen-bond donors (Lipinski definition) is 0. The van der Waals surface area contributed by atoms with Crippen LogP contribution in [-0.4, -0.2) is 36.6 Å². The molecule has 0 aromatic heterocycles. The zero-order valence-electron chi connectivity index (χ0n) is 13.1. The largest absolute Gasteiger partial charge is 0.378 e. The van der Waals surface area contributed by atoms with E-state index in [1.54, 1.807) is 0 Å². The van der Waals surface area contributed by atoms with Crippen molar-refractivity contribution in [1.82, 2.24) is 4.90 Å². The second kappa shape index (κ2) is 5.67. The van der Waals surface area contributed by atoms with Crippen LogP contribution < -0.4 is 0 Å². The van der Waals surface area contributed by atoms with Gasteiger partial charge in [-0.15, -0.1) is 0 Å².